The summed E-state index contributed by atoms with van der Waals surface area (Å²) in [5, 5.41) is 9.18. The molecule has 112 valence electrons. The first-order chi connectivity index (χ1) is 10.6. The van der Waals surface area contributed by atoms with Crippen molar-refractivity contribution in [3.63, 3.8) is 0 Å². The molecule has 2 heterocycles. The SMILES string of the molecule is O=C(O)COc1cccc(C=c2c(=O)[nH]c3n2CC=CC=3)c1. The number of H-pyrrole nitrogens is 1. The Hall–Kier alpha value is -3.02. The van der Waals surface area contributed by atoms with Gasteiger partial charge in [0.15, 0.2) is 6.61 Å². The fraction of sp³-hybridized carbons (Fsp3) is 0.125. The van der Waals surface area contributed by atoms with E-state index in [9.17, 15) is 9.59 Å². The van der Waals surface area contributed by atoms with Crippen LogP contribution in [0.25, 0.3) is 12.2 Å². The van der Waals surface area contributed by atoms with Crippen molar-refractivity contribution in [2.24, 2.45) is 0 Å². The van der Waals surface area contributed by atoms with Crippen LogP contribution in [0.2, 0.25) is 0 Å². The first kappa shape index (κ1) is 13.9. The second-order valence-corrected chi connectivity index (χ2v) is 4.83. The number of allylic oxidation sites excluding steroid dienone is 2. The van der Waals surface area contributed by atoms with E-state index in [0.29, 0.717) is 17.6 Å². The second-order valence-electron chi connectivity index (χ2n) is 4.83. The molecule has 0 saturated heterocycles. The van der Waals surface area contributed by atoms with Gasteiger partial charge in [0.1, 0.15) is 16.6 Å². The van der Waals surface area contributed by atoms with Crippen LogP contribution < -0.4 is 21.1 Å². The van der Waals surface area contributed by atoms with Gasteiger partial charge in [0.2, 0.25) is 0 Å². The van der Waals surface area contributed by atoms with Gasteiger partial charge in [-0.2, -0.15) is 0 Å². The van der Waals surface area contributed by atoms with E-state index >= 15 is 0 Å². The molecule has 0 fully saturated rings. The van der Waals surface area contributed by atoms with E-state index < -0.39 is 12.6 Å². The van der Waals surface area contributed by atoms with Crippen LogP contribution in [0, 0.1) is 0 Å². The number of rotatable bonds is 4. The average Bonchev–Trinajstić information content (AvgIpc) is 2.82. The van der Waals surface area contributed by atoms with Crippen LogP contribution in [0.4, 0.5) is 0 Å². The number of fused-ring (bicyclic) bond motifs is 1. The van der Waals surface area contributed by atoms with Crippen molar-refractivity contribution in [3.05, 3.63) is 63.2 Å². The second kappa shape index (κ2) is 5.77. The fourth-order valence-electron chi connectivity index (χ4n) is 2.29. The molecule has 0 bridgehead atoms. The van der Waals surface area contributed by atoms with Crippen LogP contribution in [0.5, 0.6) is 5.75 Å². The van der Waals surface area contributed by atoms with Crippen molar-refractivity contribution in [2.45, 2.75) is 6.54 Å². The number of aromatic nitrogens is 2. The minimum Gasteiger partial charge on any atom is -0.482 e. The quantitative estimate of drug-likeness (QED) is 0.820. The number of hydrogen-bond donors (Lipinski definition) is 2. The lowest BCUT2D eigenvalue weighted by molar-refractivity contribution is -0.139. The third kappa shape index (κ3) is 2.85. The predicted molar refractivity (Wildman–Crippen MR) is 81.0 cm³/mol. The number of aliphatic carboxylic acids is 1. The van der Waals surface area contributed by atoms with Crippen LogP contribution in [0.3, 0.4) is 0 Å². The number of nitrogens with one attached hydrogen (secondary N) is 1. The van der Waals surface area contributed by atoms with Gasteiger partial charge in [-0.3, -0.25) is 4.79 Å². The van der Waals surface area contributed by atoms with Crippen LogP contribution in [-0.2, 0) is 11.3 Å². The van der Waals surface area contributed by atoms with Gasteiger partial charge in [-0.15, -0.1) is 0 Å². The van der Waals surface area contributed by atoms with E-state index in [1.807, 2.05) is 28.9 Å². The summed E-state index contributed by atoms with van der Waals surface area (Å²) in [5.41, 5.74) is 1.37. The molecular weight excluding hydrogens is 284 g/mol. The van der Waals surface area contributed by atoms with E-state index in [-0.39, 0.29) is 5.56 Å². The van der Waals surface area contributed by atoms with E-state index in [1.54, 1.807) is 24.3 Å². The molecule has 0 unspecified atom stereocenters. The Morgan fingerprint density at radius 2 is 2.32 bits per heavy atom. The van der Waals surface area contributed by atoms with Crippen molar-refractivity contribution in [1.29, 1.82) is 0 Å². The molecule has 1 aliphatic heterocycles. The minimum atomic E-state index is -1.03. The normalized spacial score (nSPS) is 13.5. The minimum absolute atomic E-state index is 0.160. The zero-order chi connectivity index (χ0) is 15.5. The Kier molecular flexibility index (Phi) is 3.65. The van der Waals surface area contributed by atoms with Crippen LogP contribution in [-0.4, -0.2) is 27.2 Å². The monoisotopic (exact) mass is 298 g/mol. The number of benzene rings is 1. The first-order valence-corrected chi connectivity index (χ1v) is 6.75. The topological polar surface area (TPSA) is 84.3 Å². The number of nitrogens with zero attached hydrogens (tertiary/aromatic N) is 1. The smallest absolute Gasteiger partial charge is 0.341 e. The van der Waals surface area contributed by atoms with Crippen molar-refractivity contribution in [2.75, 3.05) is 6.61 Å². The first-order valence-electron chi connectivity index (χ1n) is 6.75. The van der Waals surface area contributed by atoms with E-state index in [2.05, 4.69) is 4.98 Å². The third-order valence-electron chi connectivity index (χ3n) is 3.26. The molecular formula is C16H14N2O4. The molecule has 1 aromatic heterocycles. The highest BCUT2D eigenvalue weighted by molar-refractivity contribution is 5.68. The van der Waals surface area contributed by atoms with Gasteiger partial charge in [0.25, 0.3) is 5.56 Å². The molecule has 1 aromatic carbocycles. The Labute approximate surface area is 125 Å². The van der Waals surface area contributed by atoms with Crippen LogP contribution >= 0.6 is 0 Å². The van der Waals surface area contributed by atoms with Gasteiger partial charge < -0.3 is 19.4 Å². The predicted octanol–water partition coefficient (Wildman–Crippen LogP) is -0.181. The fourth-order valence-corrected chi connectivity index (χ4v) is 2.29. The number of hydrogen-bond acceptors (Lipinski definition) is 3. The number of carboxylic acids is 1. The van der Waals surface area contributed by atoms with Crippen molar-refractivity contribution in [1.82, 2.24) is 9.55 Å². The average molecular weight is 298 g/mol. The van der Waals surface area contributed by atoms with Gasteiger partial charge in [-0.1, -0.05) is 24.3 Å². The van der Waals surface area contributed by atoms with Crippen LogP contribution in [0.1, 0.15) is 5.56 Å². The van der Waals surface area contributed by atoms with E-state index in [0.717, 1.165) is 11.0 Å². The maximum atomic E-state index is 12.0. The number of ether oxygens (including phenoxy) is 1. The largest absolute Gasteiger partial charge is 0.482 e. The molecule has 2 N–H and O–H groups in total. The lowest BCUT2D eigenvalue weighted by Gasteiger charge is -2.04. The lowest BCUT2D eigenvalue weighted by atomic mass is 10.2. The summed E-state index contributed by atoms with van der Waals surface area (Å²) in [6, 6.07) is 6.96. The molecule has 6 nitrogen and oxygen atoms in total. The summed E-state index contributed by atoms with van der Waals surface area (Å²) in [6.07, 6.45) is 7.46. The molecule has 0 atom stereocenters. The van der Waals surface area contributed by atoms with Gasteiger partial charge >= 0.3 is 5.97 Å². The molecule has 2 aromatic rings. The summed E-state index contributed by atoms with van der Waals surface area (Å²) in [4.78, 5) is 25.4. The van der Waals surface area contributed by atoms with Crippen molar-refractivity contribution in [3.8, 4) is 5.75 Å². The maximum absolute atomic E-state index is 12.0. The third-order valence-corrected chi connectivity index (χ3v) is 3.26. The summed E-state index contributed by atoms with van der Waals surface area (Å²) in [5.74, 6) is -0.585. The van der Waals surface area contributed by atoms with Gasteiger partial charge in [-0.25, -0.2) is 4.79 Å². The highest BCUT2D eigenvalue weighted by atomic mass is 16.5. The zero-order valence-corrected chi connectivity index (χ0v) is 11.7. The molecule has 3 rings (SSSR count). The van der Waals surface area contributed by atoms with Crippen molar-refractivity contribution < 1.29 is 14.6 Å². The van der Waals surface area contributed by atoms with E-state index in [1.165, 1.54) is 0 Å². The highest BCUT2D eigenvalue weighted by Crippen LogP contribution is 2.13. The molecule has 1 aliphatic rings. The Bertz CT molecular complexity index is 918. The molecule has 0 aliphatic carbocycles. The molecule has 6 heteroatoms. The Morgan fingerprint density at radius 1 is 1.45 bits per heavy atom. The molecule has 0 spiro atoms. The van der Waals surface area contributed by atoms with Crippen LogP contribution in [0.15, 0.2) is 41.2 Å². The Morgan fingerprint density at radius 3 is 3.14 bits per heavy atom. The number of carbonyl (C=O) groups is 1. The summed E-state index contributed by atoms with van der Waals surface area (Å²) in [6.45, 7) is 0.232. The molecule has 0 radical (unpaired) electrons. The highest BCUT2D eigenvalue weighted by Gasteiger charge is 2.04. The molecule has 0 saturated carbocycles. The Balaban J connectivity index is 2.00. The standard InChI is InChI=1S/C16H14N2O4/c19-15(20)10-22-12-5-3-4-11(8-12)9-13-16(21)17-14-6-1-2-7-18(13)14/h1-6,8-9H,7,10H2,(H,17,21)(H,19,20). The summed E-state index contributed by atoms with van der Waals surface area (Å²) >= 11 is 0. The van der Waals surface area contributed by atoms with Crippen molar-refractivity contribution >= 4 is 18.1 Å². The maximum Gasteiger partial charge on any atom is 0.341 e. The summed E-state index contributed by atoms with van der Waals surface area (Å²) in [7, 11) is 0. The lowest BCUT2D eigenvalue weighted by Crippen LogP contribution is -2.32. The van der Waals surface area contributed by atoms with Gasteiger partial charge in [-0.05, 0) is 29.8 Å². The molecule has 22 heavy (non-hydrogen) atoms. The number of imidazole rings is 1. The van der Waals surface area contributed by atoms with Gasteiger partial charge in [0, 0.05) is 6.54 Å². The molecule has 0 amide bonds. The van der Waals surface area contributed by atoms with Gasteiger partial charge in [0.05, 0.1) is 0 Å². The number of carboxylic acid groups (broad SMARTS) is 1. The van der Waals surface area contributed by atoms with E-state index in [4.69, 9.17) is 9.84 Å². The number of aromatic amines is 1. The summed E-state index contributed by atoms with van der Waals surface area (Å²) < 4.78 is 7.02. The zero-order valence-electron chi connectivity index (χ0n) is 11.7.